The molecule has 2 aliphatic rings. The van der Waals surface area contributed by atoms with Gasteiger partial charge in [0.15, 0.2) is 0 Å². The first-order valence-corrected chi connectivity index (χ1v) is 12.1. The SMILES string of the molecule is COc1ccc(S(=O)(=O)N2CCN(C3CC(=O)N(Cc4ccc(Cl)cc4)C3=O)CC2)cc1. The minimum absolute atomic E-state index is 0.109. The van der Waals surface area contributed by atoms with Gasteiger partial charge in [-0.05, 0) is 42.0 Å². The molecule has 32 heavy (non-hydrogen) atoms. The summed E-state index contributed by atoms with van der Waals surface area (Å²) in [6.45, 7) is 1.48. The number of benzene rings is 2. The molecular formula is C22H24ClN3O5S. The van der Waals surface area contributed by atoms with E-state index in [1.54, 1.807) is 36.4 Å². The average molecular weight is 478 g/mol. The van der Waals surface area contributed by atoms with Crippen molar-refractivity contribution in [2.75, 3.05) is 33.3 Å². The van der Waals surface area contributed by atoms with Crippen LogP contribution in [0.3, 0.4) is 0 Å². The zero-order valence-corrected chi connectivity index (χ0v) is 19.2. The molecule has 0 N–H and O–H groups in total. The summed E-state index contributed by atoms with van der Waals surface area (Å²) in [4.78, 5) is 28.8. The van der Waals surface area contributed by atoms with Gasteiger partial charge in [0.25, 0.3) is 0 Å². The Hall–Kier alpha value is -2.46. The normalized spacial score (nSPS) is 20.7. The van der Waals surface area contributed by atoms with E-state index in [9.17, 15) is 18.0 Å². The Morgan fingerprint density at radius 1 is 0.969 bits per heavy atom. The van der Waals surface area contributed by atoms with E-state index in [4.69, 9.17) is 16.3 Å². The molecule has 0 radical (unpaired) electrons. The lowest BCUT2D eigenvalue weighted by molar-refractivity contribution is -0.140. The van der Waals surface area contributed by atoms with E-state index in [1.165, 1.54) is 28.4 Å². The summed E-state index contributed by atoms with van der Waals surface area (Å²) in [6, 6.07) is 12.7. The molecule has 1 unspecified atom stereocenters. The molecule has 0 aromatic heterocycles. The molecule has 2 fully saturated rings. The summed E-state index contributed by atoms with van der Waals surface area (Å²) in [5.74, 6) is 0.126. The largest absolute Gasteiger partial charge is 0.497 e. The third-order valence-electron chi connectivity index (χ3n) is 5.89. The Balaban J connectivity index is 1.39. The molecule has 4 rings (SSSR count). The maximum absolute atomic E-state index is 12.9. The van der Waals surface area contributed by atoms with E-state index in [0.29, 0.717) is 23.9 Å². The molecule has 10 heteroatoms. The van der Waals surface area contributed by atoms with Crippen molar-refractivity contribution in [2.24, 2.45) is 0 Å². The van der Waals surface area contributed by atoms with E-state index in [1.807, 2.05) is 4.90 Å². The second-order valence-electron chi connectivity index (χ2n) is 7.78. The minimum atomic E-state index is -3.64. The van der Waals surface area contributed by atoms with Gasteiger partial charge < -0.3 is 4.74 Å². The third kappa shape index (κ3) is 4.52. The Morgan fingerprint density at radius 3 is 2.19 bits per heavy atom. The molecule has 0 spiro atoms. The van der Waals surface area contributed by atoms with Gasteiger partial charge in [0, 0.05) is 31.2 Å². The smallest absolute Gasteiger partial charge is 0.247 e. The van der Waals surface area contributed by atoms with E-state index in [0.717, 1.165) is 5.56 Å². The summed E-state index contributed by atoms with van der Waals surface area (Å²) in [6.07, 6.45) is 0.109. The van der Waals surface area contributed by atoms with Crippen LogP contribution in [0, 0.1) is 0 Å². The van der Waals surface area contributed by atoms with Crippen molar-refractivity contribution in [3.63, 3.8) is 0 Å². The third-order valence-corrected chi connectivity index (χ3v) is 8.05. The van der Waals surface area contributed by atoms with Crippen LogP contribution in [-0.4, -0.2) is 73.7 Å². The van der Waals surface area contributed by atoms with Gasteiger partial charge in [0.1, 0.15) is 5.75 Å². The highest BCUT2D eigenvalue weighted by molar-refractivity contribution is 7.89. The highest BCUT2D eigenvalue weighted by atomic mass is 35.5. The number of methoxy groups -OCH3 is 1. The first-order valence-electron chi connectivity index (χ1n) is 10.3. The molecule has 2 amide bonds. The number of amides is 2. The van der Waals surface area contributed by atoms with Crippen molar-refractivity contribution in [3.05, 3.63) is 59.1 Å². The quantitative estimate of drug-likeness (QED) is 0.591. The average Bonchev–Trinajstić information content (AvgIpc) is 3.09. The van der Waals surface area contributed by atoms with Gasteiger partial charge >= 0.3 is 0 Å². The number of ether oxygens (including phenoxy) is 1. The van der Waals surface area contributed by atoms with Crippen LogP contribution in [0.5, 0.6) is 5.75 Å². The number of nitrogens with zero attached hydrogens (tertiary/aromatic N) is 3. The zero-order valence-electron chi connectivity index (χ0n) is 17.6. The first-order chi connectivity index (χ1) is 15.3. The molecule has 8 nitrogen and oxygen atoms in total. The zero-order chi connectivity index (χ0) is 22.9. The molecular weight excluding hydrogens is 454 g/mol. The Labute approximate surface area is 192 Å². The number of hydrogen-bond donors (Lipinski definition) is 0. The lowest BCUT2D eigenvalue weighted by Gasteiger charge is -2.36. The van der Waals surface area contributed by atoms with Crippen LogP contribution in [-0.2, 0) is 26.2 Å². The van der Waals surface area contributed by atoms with E-state index < -0.39 is 16.1 Å². The molecule has 170 valence electrons. The highest BCUT2D eigenvalue weighted by Crippen LogP contribution is 2.25. The van der Waals surface area contributed by atoms with Gasteiger partial charge in [-0.1, -0.05) is 23.7 Å². The van der Waals surface area contributed by atoms with Crippen LogP contribution in [0.2, 0.25) is 5.02 Å². The Morgan fingerprint density at radius 2 is 1.59 bits per heavy atom. The summed E-state index contributed by atoms with van der Waals surface area (Å²) in [5.41, 5.74) is 0.826. The predicted molar refractivity (Wildman–Crippen MR) is 119 cm³/mol. The topological polar surface area (TPSA) is 87.2 Å². The summed E-state index contributed by atoms with van der Waals surface area (Å²) in [7, 11) is -2.11. The molecule has 2 aromatic rings. The maximum atomic E-state index is 12.9. The predicted octanol–water partition coefficient (Wildman–Crippen LogP) is 1.98. The second kappa shape index (κ2) is 9.19. The highest BCUT2D eigenvalue weighted by Gasteiger charge is 2.43. The molecule has 2 aromatic carbocycles. The van der Waals surface area contributed by atoms with Crippen molar-refractivity contribution in [1.29, 1.82) is 0 Å². The number of piperazine rings is 1. The molecule has 2 aliphatic heterocycles. The summed E-state index contributed by atoms with van der Waals surface area (Å²) >= 11 is 5.90. The van der Waals surface area contributed by atoms with Gasteiger partial charge in [0.05, 0.1) is 31.0 Å². The van der Waals surface area contributed by atoms with Crippen LogP contribution >= 0.6 is 11.6 Å². The fourth-order valence-corrected chi connectivity index (χ4v) is 5.59. The molecule has 2 heterocycles. The lowest BCUT2D eigenvalue weighted by atomic mass is 10.2. The molecule has 2 saturated heterocycles. The van der Waals surface area contributed by atoms with Gasteiger partial charge in [-0.25, -0.2) is 8.42 Å². The summed E-state index contributed by atoms with van der Waals surface area (Å²) < 4.78 is 32.4. The molecule has 0 bridgehead atoms. The maximum Gasteiger partial charge on any atom is 0.247 e. The molecule has 0 aliphatic carbocycles. The first kappa shape index (κ1) is 22.7. The van der Waals surface area contributed by atoms with E-state index in [2.05, 4.69) is 0 Å². The number of halogens is 1. The standard InChI is InChI=1S/C22H24ClN3O5S/c1-31-18-6-8-19(9-7-18)32(29,30)25-12-10-24(11-13-25)20-14-21(27)26(22(20)28)15-16-2-4-17(23)5-3-16/h2-9,20H,10-15H2,1H3. The summed E-state index contributed by atoms with van der Waals surface area (Å²) in [5, 5.41) is 0.591. The number of carbonyl (C=O) groups excluding carboxylic acids is 2. The Bertz CT molecular complexity index is 1100. The van der Waals surface area contributed by atoms with Gasteiger partial charge in [-0.2, -0.15) is 4.31 Å². The van der Waals surface area contributed by atoms with Crippen LogP contribution in [0.15, 0.2) is 53.4 Å². The minimum Gasteiger partial charge on any atom is -0.497 e. The van der Waals surface area contributed by atoms with E-state index >= 15 is 0 Å². The van der Waals surface area contributed by atoms with Gasteiger partial charge in [-0.3, -0.25) is 19.4 Å². The van der Waals surface area contributed by atoms with Gasteiger partial charge in [-0.15, -0.1) is 0 Å². The molecule has 1 atom stereocenters. The number of hydrogen-bond acceptors (Lipinski definition) is 6. The number of carbonyl (C=O) groups is 2. The number of sulfonamides is 1. The van der Waals surface area contributed by atoms with Crippen molar-refractivity contribution >= 4 is 33.4 Å². The van der Waals surface area contributed by atoms with Crippen molar-refractivity contribution in [1.82, 2.24) is 14.1 Å². The van der Waals surface area contributed by atoms with Gasteiger partial charge in [0.2, 0.25) is 21.8 Å². The fraction of sp³-hybridized carbons (Fsp3) is 0.364. The molecule has 0 saturated carbocycles. The van der Waals surface area contributed by atoms with Crippen molar-refractivity contribution < 1.29 is 22.7 Å². The van der Waals surface area contributed by atoms with Crippen molar-refractivity contribution in [3.8, 4) is 5.75 Å². The van der Waals surface area contributed by atoms with Crippen LogP contribution in [0.4, 0.5) is 0 Å². The monoisotopic (exact) mass is 477 g/mol. The van der Waals surface area contributed by atoms with Crippen LogP contribution in [0.1, 0.15) is 12.0 Å². The van der Waals surface area contributed by atoms with E-state index in [-0.39, 0.29) is 42.8 Å². The Kier molecular flexibility index (Phi) is 6.52. The van der Waals surface area contributed by atoms with Crippen LogP contribution in [0.25, 0.3) is 0 Å². The number of imide groups is 1. The fourth-order valence-electron chi connectivity index (χ4n) is 4.04. The van der Waals surface area contributed by atoms with Crippen LogP contribution < -0.4 is 4.74 Å². The lowest BCUT2D eigenvalue weighted by Crippen LogP contribution is -2.53. The second-order valence-corrected chi connectivity index (χ2v) is 10.2. The number of likely N-dealkylation sites (tertiary alicyclic amines) is 1. The van der Waals surface area contributed by atoms with Crippen molar-refractivity contribution in [2.45, 2.75) is 23.9 Å². The number of rotatable bonds is 6.